The van der Waals surface area contributed by atoms with Crippen LogP contribution in [0, 0.1) is 0 Å². The highest BCUT2D eigenvalue weighted by atomic mass is 19.4. The number of halogens is 6. The zero-order valence-corrected chi connectivity index (χ0v) is 10.7. The lowest BCUT2D eigenvalue weighted by Crippen LogP contribution is -2.25. The summed E-state index contributed by atoms with van der Waals surface area (Å²) in [5.74, 6) is -0.234. The quantitative estimate of drug-likeness (QED) is 0.862. The van der Waals surface area contributed by atoms with E-state index in [0.29, 0.717) is 0 Å². The van der Waals surface area contributed by atoms with Crippen LogP contribution < -0.4 is 10.2 Å². The molecule has 1 aromatic rings. The van der Waals surface area contributed by atoms with Crippen molar-refractivity contribution in [1.29, 1.82) is 0 Å². The second-order valence-corrected chi connectivity index (χ2v) is 4.13. The minimum atomic E-state index is -4.59. The molecule has 0 aromatic carbocycles. The fraction of sp³-hybridized carbons (Fsp3) is 0.545. The SMILES string of the molecule is CNc1cc(C(F)(F)F)cc(N(C)CCC(F)(F)F)n1. The molecule has 0 spiro atoms. The largest absolute Gasteiger partial charge is 0.416 e. The maximum Gasteiger partial charge on any atom is 0.416 e. The van der Waals surface area contributed by atoms with Crippen LogP contribution in [0.5, 0.6) is 0 Å². The average Bonchev–Trinajstić information content (AvgIpc) is 2.33. The first-order chi connectivity index (χ1) is 9.03. The molecule has 0 unspecified atom stereocenters. The minimum Gasteiger partial charge on any atom is -0.373 e. The lowest BCUT2D eigenvalue weighted by atomic mass is 10.2. The van der Waals surface area contributed by atoms with Crippen LogP contribution in [0.25, 0.3) is 0 Å². The van der Waals surface area contributed by atoms with E-state index in [9.17, 15) is 26.3 Å². The smallest absolute Gasteiger partial charge is 0.373 e. The number of pyridine rings is 1. The Labute approximate surface area is 111 Å². The van der Waals surface area contributed by atoms with Gasteiger partial charge in [0.15, 0.2) is 0 Å². The summed E-state index contributed by atoms with van der Waals surface area (Å²) in [4.78, 5) is 4.84. The van der Waals surface area contributed by atoms with Crippen LogP contribution >= 0.6 is 0 Å². The van der Waals surface area contributed by atoms with Gasteiger partial charge in [-0.3, -0.25) is 0 Å². The number of anilines is 2. The van der Waals surface area contributed by atoms with Crippen LogP contribution in [-0.4, -0.2) is 31.8 Å². The van der Waals surface area contributed by atoms with Gasteiger partial charge in [-0.15, -0.1) is 0 Å². The van der Waals surface area contributed by atoms with E-state index in [-0.39, 0.29) is 11.6 Å². The number of nitrogens with zero attached hydrogens (tertiary/aromatic N) is 2. The third kappa shape index (κ3) is 4.78. The Balaban J connectivity index is 2.99. The molecule has 1 heterocycles. The number of nitrogens with one attached hydrogen (secondary N) is 1. The highest BCUT2D eigenvalue weighted by Crippen LogP contribution is 2.33. The molecule has 0 aliphatic rings. The molecule has 0 fully saturated rings. The van der Waals surface area contributed by atoms with Gasteiger partial charge >= 0.3 is 12.4 Å². The third-order valence-corrected chi connectivity index (χ3v) is 2.52. The molecule has 0 aliphatic carbocycles. The Bertz CT molecular complexity index is 454. The van der Waals surface area contributed by atoms with Crippen LogP contribution in [-0.2, 0) is 6.18 Å². The molecule has 0 saturated heterocycles. The Morgan fingerprint density at radius 2 is 1.75 bits per heavy atom. The molecular weight excluding hydrogens is 288 g/mol. The van der Waals surface area contributed by atoms with Crippen molar-refractivity contribution in [1.82, 2.24) is 4.98 Å². The zero-order valence-electron chi connectivity index (χ0n) is 10.7. The molecule has 0 radical (unpaired) electrons. The van der Waals surface area contributed by atoms with Crippen molar-refractivity contribution in [3.05, 3.63) is 17.7 Å². The van der Waals surface area contributed by atoms with Crippen LogP contribution in [0.2, 0.25) is 0 Å². The number of alkyl halides is 6. The Morgan fingerprint density at radius 1 is 1.15 bits per heavy atom. The van der Waals surface area contributed by atoms with Crippen molar-refractivity contribution >= 4 is 11.6 Å². The summed E-state index contributed by atoms with van der Waals surface area (Å²) in [5, 5.41) is 2.45. The average molecular weight is 301 g/mol. The van der Waals surface area contributed by atoms with Crippen LogP contribution in [0.15, 0.2) is 12.1 Å². The summed E-state index contributed by atoms with van der Waals surface area (Å²) in [7, 11) is 2.63. The molecule has 0 aliphatic heterocycles. The van der Waals surface area contributed by atoms with Crippen LogP contribution in [0.4, 0.5) is 38.0 Å². The molecular formula is C11H13F6N3. The first-order valence-corrected chi connectivity index (χ1v) is 5.58. The van der Waals surface area contributed by atoms with E-state index in [1.165, 1.54) is 14.1 Å². The first-order valence-electron chi connectivity index (χ1n) is 5.58. The second kappa shape index (κ2) is 5.76. The molecule has 1 N–H and O–H groups in total. The molecule has 0 atom stereocenters. The van der Waals surface area contributed by atoms with Gasteiger partial charge in [0.1, 0.15) is 11.6 Å². The van der Waals surface area contributed by atoms with Crippen molar-refractivity contribution in [2.75, 3.05) is 30.9 Å². The summed E-state index contributed by atoms with van der Waals surface area (Å²) >= 11 is 0. The highest BCUT2D eigenvalue weighted by Gasteiger charge is 2.32. The normalized spacial score (nSPS) is 12.4. The van der Waals surface area contributed by atoms with Gasteiger partial charge in [0.05, 0.1) is 12.0 Å². The molecule has 0 bridgehead atoms. The molecule has 9 heteroatoms. The van der Waals surface area contributed by atoms with Gasteiger partial charge in [-0.05, 0) is 12.1 Å². The summed E-state index contributed by atoms with van der Waals surface area (Å²) in [5.41, 5.74) is -0.967. The summed E-state index contributed by atoms with van der Waals surface area (Å²) in [6, 6.07) is 1.51. The van der Waals surface area contributed by atoms with E-state index in [2.05, 4.69) is 10.3 Å². The van der Waals surface area contributed by atoms with Crippen LogP contribution in [0.1, 0.15) is 12.0 Å². The van der Waals surface area contributed by atoms with Gasteiger partial charge in [-0.25, -0.2) is 4.98 Å². The first kappa shape index (κ1) is 16.4. The lowest BCUT2D eigenvalue weighted by Gasteiger charge is -2.21. The topological polar surface area (TPSA) is 28.2 Å². The Morgan fingerprint density at radius 3 is 2.20 bits per heavy atom. The van der Waals surface area contributed by atoms with E-state index < -0.39 is 30.9 Å². The molecule has 0 saturated carbocycles. The number of hydrogen-bond acceptors (Lipinski definition) is 3. The van der Waals surface area contributed by atoms with Gasteiger partial charge < -0.3 is 10.2 Å². The summed E-state index contributed by atoms with van der Waals surface area (Å²) in [6.45, 7) is -0.471. The molecule has 20 heavy (non-hydrogen) atoms. The van der Waals surface area contributed by atoms with Gasteiger partial charge in [-0.1, -0.05) is 0 Å². The van der Waals surface area contributed by atoms with Gasteiger partial charge in [-0.2, -0.15) is 26.3 Å². The molecule has 1 rings (SSSR count). The highest BCUT2D eigenvalue weighted by molar-refractivity contribution is 5.50. The predicted molar refractivity (Wildman–Crippen MR) is 62.7 cm³/mol. The van der Waals surface area contributed by atoms with Crippen LogP contribution in [0.3, 0.4) is 0 Å². The van der Waals surface area contributed by atoms with Crippen molar-refractivity contribution in [2.24, 2.45) is 0 Å². The van der Waals surface area contributed by atoms with E-state index >= 15 is 0 Å². The fourth-order valence-corrected chi connectivity index (χ4v) is 1.41. The van der Waals surface area contributed by atoms with E-state index in [1.807, 2.05) is 0 Å². The minimum absolute atomic E-state index is 0.0614. The molecule has 3 nitrogen and oxygen atoms in total. The van der Waals surface area contributed by atoms with E-state index in [0.717, 1.165) is 17.0 Å². The number of hydrogen-bond donors (Lipinski definition) is 1. The third-order valence-electron chi connectivity index (χ3n) is 2.52. The maximum atomic E-state index is 12.7. The maximum absolute atomic E-state index is 12.7. The molecule has 0 amide bonds. The Kier molecular flexibility index (Phi) is 4.72. The van der Waals surface area contributed by atoms with E-state index in [4.69, 9.17) is 0 Å². The molecule has 114 valence electrons. The molecule has 1 aromatic heterocycles. The number of aromatic nitrogens is 1. The summed E-state index contributed by atoms with van der Waals surface area (Å²) < 4.78 is 74.3. The lowest BCUT2D eigenvalue weighted by molar-refractivity contribution is -0.137. The number of rotatable bonds is 4. The summed E-state index contributed by atoms with van der Waals surface area (Å²) in [6.07, 6.45) is -10.1. The van der Waals surface area contributed by atoms with Gasteiger partial charge in [0.2, 0.25) is 0 Å². The second-order valence-electron chi connectivity index (χ2n) is 4.13. The Hall–Kier alpha value is -1.67. The van der Waals surface area contributed by atoms with Crippen molar-refractivity contribution < 1.29 is 26.3 Å². The van der Waals surface area contributed by atoms with Crippen molar-refractivity contribution in [3.63, 3.8) is 0 Å². The van der Waals surface area contributed by atoms with E-state index in [1.54, 1.807) is 0 Å². The van der Waals surface area contributed by atoms with Crippen molar-refractivity contribution in [3.8, 4) is 0 Å². The van der Waals surface area contributed by atoms with Crippen molar-refractivity contribution in [2.45, 2.75) is 18.8 Å². The predicted octanol–water partition coefficient (Wildman–Crippen LogP) is 3.53. The zero-order chi connectivity index (χ0) is 15.6. The monoisotopic (exact) mass is 301 g/mol. The standard InChI is InChI=1S/C11H13F6N3/c1-18-8-5-7(11(15,16)17)6-9(19-8)20(2)4-3-10(12,13)14/h5-6H,3-4H2,1-2H3,(H,18,19). The van der Waals surface area contributed by atoms with Gasteiger partial charge in [0.25, 0.3) is 0 Å². The fourth-order valence-electron chi connectivity index (χ4n) is 1.41. The van der Waals surface area contributed by atoms with Gasteiger partial charge in [0, 0.05) is 20.6 Å².